The minimum absolute atomic E-state index is 0.0186. The largest absolute Gasteiger partial charge is 0.373 e. The minimum Gasteiger partial charge on any atom is -0.373 e. The van der Waals surface area contributed by atoms with Gasteiger partial charge < -0.3 is 15.0 Å². The quantitative estimate of drug-likeness (QED) is 0.390. The highest BCUT2D eigenvalue weighted by molar-refractivity contribution is 5.83. The van der Waals surface area contributed by atoms with Crippen molar-refractivity contribution in [2.75, 3.05) is 18.5 Å². The van der Waals surface area contributed by atoms with Crippen molar-refractivity contribution in [3.8, 4) is 11.3 Å². The summed E-state index contributed by atoms with van der Waals surface area (Å²) in [6.45, 7) is 1.45. The maximum Gasteiger partial charge on any atom is 0.163 e. The summed E-state index contributed by atoms with van der Waals surface area (Å²) in [5.41, 5.74) is 5.32. The Bertz CT molecular complexity index is 1440. The van der Waals surface area contributed by atoms with Gasteiger partial charge in [-0.3, -0.25) is 4.98 Å². The van der Waals surface area contributed by atoms with Gasteiger partial charge in [0.1, 0.15) is 11.6 Å². The number of hydrogen-bond donors (Lipinski definition) is 2. The lowest BCUT2D eigenvalue weighted by Crippen LogP contribution is -2.10. The summed E-state index contributed by atoms with van der Waals surface area (Å²) in [5.74, 6) is 0.402. The number of aromatic amines is 1. The smallest absolute Gasteiger partial charge is 0.163 e. The lowest BCUT2D eigenvalue weighted by Gasteiger charge is -2.12. The molecule has 0 aliphatic carbocycles. The second-order valence-electron chi connectivity index (χ2n) is 8.29. The van der Waals surface area contributed by atoms with Gasteiger partial charge in [-0.15, -0.1) is 0 Å². The molecule has 5 heterocycles. The van der Waals surface area contributed by atoms with Gasteiger partial charge in [-0.25, -0.2) is 9.37 Å². The van der Waals surface area contributed by atoms with Crippen LogP contribution in [0.4, 0.5) is 10.2 Å². The molecule has 166 valence electrons. The average molecular weight is 442 g/mol. The fraction of sp³-hybridized carbons (Fsp3) is 0.240. The van der Waals surface area contributed by atoms with Crippen molar-refractivity contribution in [2.24, 2.45) is 0 Å². The van der Waals surface area contributed by atoms with Crippen LogP contribution in [0.25, 0.3) is 27.8 Å². The van der Waals surface area contributed by atoms with E-state index in [1.54, 1.807) is 6.20 Å². The molecular weight excluding hydrogens is 419 g/mol. The summed E-state index contributed by atoms with van der Waals surface area (Å²) in [5, 5.41) is 9.34. The van der Waals surface area contributed by atoms with Gasteiger partial charge in [0.2, 0.25) is 0 Å². The number of rotatable bonds is 6. The van der Waals surface area contributed by atoms with E-state index in [1.807, 2.05) is 22.8 Å². The third-order valence-electron chi connectivity index (χ3n) is 6.15. The molecule has 1 aromatic carbocycles. The summed E-state index contributed by atoms with van der Waals surface area (Å²) >= 11 is 0. The van der Waals surface area contributed by atoms with Gasteiger partial charge in [-0.2, -0.15) is 9.61 Å². The van der Waals surface area contributed by atoms with Crippen molar-refractivity contribution in [3.05, 3.63) is 78.1 Å². The van der Waals surface area contributed by atoms with E-state index in [1.165, 1.54) is 23.2 Å². The Morgan fingerprint density at radius 2 is 2.12 bits per heavy atom. The minimum atomic E-state index is -0.393. The van der Waals surface area contributed by atoms with Gasteiger partial charge in [0.15, 0.2) is 5.65 Å². The van der Waals surface area contributed by atoms with E-state index in [0.29, 0.717) is 17.8 Å². The molecule has 0 amide bonds. The van der Waals surface area contributed by atoms with Crippen LogP contribution in [0, 0.1) is 5.82 Å². The Morgan fingerprint density at radius 3 is 3.00 bits per heavy atom. The first-order valence-electron chi connectivity index (χ1n) is 11.2. The van der Waals surface area contributed by atoms with Crippen LogP contribution in [0.2, 0.25) is 0 Å². The highest BCUT2D eigenvalue weighted by atomic mass is 19.1. The maximum atomic E-state index is 13.9. The van der Waals surface area contributed by atoms with Gasteiger partial charge in [-0.1, -0.05) is 18.2 Å². The van der Waals surface area contributed by atoms with Crippen molar-refractivity contribution < 1.29 is 9.13 Å². The first kappa shape index (κ1) is 19.9. The lowest BCUT2D eigenvalue weighted by molar-refractivity contribution is 0.113. The molecule has 1 saturated heterocycles. The van der Waals surface area contributed by atoms with E-state index in [4.69, 9.17) is 9.72 Å². The molecule has 0 spiro atoms. The molecule has 6 rings (SSSR count). The zero-order valence-electron chi connectivity index (χ0n) is 18.0. The number of anilines is 1. The van der Waals surface area contributed by atoms with Crippen LogP contribution in [-0.2, 0) is 11.2 Å². The third kappa shape index (κ3) is 3.72. The molecule has 7 nitrogen and oxygen atoms in total. The number of fused-ring (bicyclic) bond motifs is 2. The Hall–Kier alpha value is -3.78. The van der Waals surface area contributed by atoms with Gasteiger partial charge in [0.05, 0.1) is 24.2 Å². The van der Waals surface area contributed by atoms with Crippen LogP contribution in [0.5, 0.6) is 0 Å². The second kappa shape index (κ2) is 8.29. The highest BCUT2D eigenvalue weighted by Gasteiger charge is 2.24. The van der Waals surface area contributed by atoms with E-state index in [9.17, 15) is 4.39 Å². The number of nitrogens with one attached hydrogen (secondary N) is 2. The molecule has 1 aliphatic heterocycles. The Kier molecular flexibility index (Phi) is 4.99. The number of para-hydroxylation sites is 1. The molecule has 1 atom stereocenters. The SMILES string of the molecule is Fc1cncc(-c2cc(NCCc3c[nH]c4ccccc34)n3ncc(C4CCCO4)c3n2)c1. The first-order chi connectivity index (χ1) is 16.3. The number of halogens is 1. The van der Waals surface area contributed by atoms with E-state index in [-0.39, 0.29) is 6.10 Å². The van der Waals surface area contributed by atoms with Crippen molar-refractivity contribution in [2.45, 2.75) is 25.4 Å². The molecule has 2 N–H and O–H groups in total. The van der Waals surface area contributed by atoms with Crippen molar-refractivity contribution in [3.63, 3.8) is 0 Å². The van der Waals surface area contributed by atoms with E-state index in [0.717, 1.165) is 48.4 Å². The predicted molar refractivity (Wildman–Crippen MR) is 125 cm³/mol. The van der Waals surface area contributed by atoms with Crippen molar-refractivity contribution in [1.29, 1.82) is 0 Å². The van der Waals surface area contributed by atoms with Crippen molar-refractivity contribution in [1.82, 2.24) is 24.6 Å². The zero-order chi connectivity index (χ0) is 22.2. The second-order valence-corrected chi connectivity index (χ2v) is 8.29. The summed E-state index contributed by atoms with van der Waals surface area (Å²) in [4.78, 5) is 12.1. The molecule has 4 aromatic heterocycles. The van der Waals surface area contributed by atoms with Gasteiger partial charge in [0, 0.05) is 53.6 Å². The zero-order valence-corrected chi connectivity index (χ0v) is 18.0. The monoisotopic (exact) mass is 442 g/mol. The number of H-pyrrole nitrogens is 1. The molecule has 0 saturated carbocycles. The molecular formula is C25H23FN6O. The standard InChI is InChI=1S/C25H23FN6O/c26-18-10-17(12-27-14-18)22-11-24(28-8-7-16-13-29-21-5-2-1-4-19(16)21)32-25(31-22)20(15-30-32)23-6-3-9-33-23/h1-2,4-5,10-15,23,28-29H,3,6-9H2. The average Bonchev–Trinajstić information content (AvgIpc) is 3.59. The van der Waals surface area contributed by atoms with Gasteiger partial charge >= 0.3 is 0 Å². The number of ether oxygens (including phenoxy) is 1. The van der Waals surface area contributed by atoms with E-state index >= 15 is 0 Å². The Balaban J connectivity index is 1.35. The Morgan fingerprint density at radius 1 is 1.18 bits per heavy atom. The summed E-state index contributed by atoms with van der Waals surface area (Å²) in [7, 11) is 0. The molecule has 1 aliphatic rings. The van der Waals surface area contributed by atoms with Gasteiger partial charge in [-0.05, 0) is 37.0 Å². The van der Waals surface area contributed by atoms with Crippen LogP contribution < -0.4 is 5.32 Å². The normalized spacial score (nSPS) is 16.1. The summed E-state index contributed by atoms with van der Waals surface area (Å²) < 4.78 is 21.6. The van der Waals surface area contributed by atoms with Crippen LogP contribution >= 0.6 is 0 Å². The number of pyridine rings is 1. The molecule has 5 aromatic rings. The molecule has 0 radical (unpaired) electrons. The number of nitrogens with zero attached hydrogens (tertiary/aromatic N) is 4. The Labute approximate surface area is 189 Å². The number of aromatic nitrogens is 5. The first-order valence-corrected chi connectivity index (χ1v) is 11.2. The maximum absolute atomic E-state index is 13.9. The molecule has 0 bridgehead atoms. The lowest BCUT2D eigenvalue weighted by atomic mass is 10.1. The summed E-state index contributed by atoms with van der Waals surface area (Å²) in [6.07, 6.45) is 9.49. The van der Waals surface area contributed by atoms with Crippen LogP contribution in [0.1, 0.15) is 30.1 Å². The fourth-order valence-electron chi connectivity index (χ4n) is 4.52. The molecule has 1 fully saturated rings. The fourth-order valence-corrected chi connectivity index (χ4v) is 4.52. The number of benzene rings is 1. The van der Waals surface area contributed by atoms with E-state index < -0.39 is 5.82 Å². The highest BCUT2D eigenvalue weighted by Crippen LogP contribution is 2.33. The van der Waals surface area contributed by atoms with Crippen LogP contribution in [0.3, 0.4) is 0 Å². The van der Waals surface area contributed by atoms with Crippen molar-refractivity contribution >= 4 is 22.4 Å². The molecule has 8 heteroatoms. The summed E-state index contributed by atoms with van der Waals surface area (Å²) in [6, 6.07) is 11.6. The van der Waals surface area contributed by atoms with Crippen LogP contribution in [-0.4, -0.2) is 37.7 Å². The molecule has 33 heavy (non-hydrogen) atoms. The molecule has 1 unspecified atom stereocenters. The van der Waals surface area contributed by atoms with Gasteiger partial charge in [0.25, 0.3) is 0 Å². The third-order valence-corrected chi connectivity index (χ3v) is 6.15. The van der Waals surface area contributed by atoms with Crippen LogP contribution in [0.15, 0.2) is 61.2 Å². The van der Waals surface area contributed by atoms with E-state index in [2.05, 4.69) is 44.8 Å². The predicted octanol–water partition coefficient (Wildman–Crippen LogP) is 4.92. The number of hydrogen-bond acceptors (Lipinski definition) is 5. The topological polar surface area (TPSA) is 80.1 Å².